The van der Waals surface area contributed by atoms with Crippen LogP contribution in [0.25, 0.3) is 0 Å². The summed E-state index contributed by atoms with van der Waals surface area (Å²) >= 11 is 12.0. The van der Waals surface area contributed by atoms with Gasteiger partial charge in [0.15, 0.2) is 6.23 Å². The number of hydrogen-bond acceptors (Lipinski definition) is 2. The fourth-order valence-electron chi connectivity index (χ4n) is 2.80. The molecule has 0 aliphatic carbocycles. The molecule has 0 N–H and O–H groups in total. The highest BCUT2D eigenvalue weighted by Gasteiger charge is 2.23. The number of halogens is 2. The summed E-state index contributed by atoms with van der Waals surface area (Å²) in [7, 11) is 0. The predicted octanol–water partition coefficient (Wildman–Crippen LogP) is 5.76. The first kappa shape index (κ1) is 16.9. The maximum absolute atomic E-state index is 6.14. The first-order valence-corrected chi connectivity index (χ1v) is 8.82. The van der Waals surface area contributed by atoms with Gasteiger partial charge in [-0.2, -0.15) is 0 Å². The first-order valence-electron chi connectivity index (χ1n) is 8.06. The molecule has 1 aromatic rings. The molecule has 1 aliphatic rings. The summed E-state index contributed by atoms with van der Waals surface area (Å²) in [6.45, 7) is 4.52. The number of ether oxygens (including phenoxy) is 1. The highest BCUT2D eigenvalue weighted by Crippen LogP contribution is 2.29. The Morgan fingerprint density at radius 2 is 2.00 bits per heavy atom. The van der Waals surface area contributed by atoms with E-state index < -0.39 is 0 Å². The fourth-order valence-corrected chi connectivity index (χ4v) is 3.09. The molecule has 0 amide bonds. The Balaban J connectivity index is 1.90. The minimum absolute atomic E-state index is 0.178. The molecule has 1 aromatic carbocycles. The van der Waals surface area contributed by atoms with Gasteiger partial charge in [-0.15, -0.1) is 0 Å². The highest BCUT2D eigenvalue weighted by molar-refractivity contribution is 6.42. The van der Waals surface area contributed by atoms with Crippen molar-refractivity contribution >= 4 is 23.2 Å². The molecule has 2 nitrogen and oxygen atoms in total. The molecule has 1 saturated heterocycles. The van der Waals surface area contributed by atoms with E-state index >= 15 is 0 Å². The van der Waals surface area contributed by atoms with Crippen molar-refractivity contribution in [3.8, 4) is 5.75 Å². The molecule has 0 spiro atoms. The van der Waals surface area contributed by atoms with Crippen molar-refractivity contribution in [2.24, 2.45) is 0 Å². The standard InChI is InChI=1S/C17H25Cl2NO/c1-2-3-4-6-11-20-12-7-5-8-17(20)21-14-9-10-15(18)16(19)13-14/h9-10,13,17H,2-8,11-12H2,1H3. The van der Waals surface area contributed by atoms with Gasteiger partial charge < -0.3 is 4.74 Å². The molecule has 0 bridgehead atoms. The predicted molar refractivity (Wildman–Crippen MR) is 90.4 cm³/mol. The molecule has 1 heterocycles. The molecule has 1 atom stereocenters. The zero-order valence-electron chi connectivity index (χ0n) is 12.8. The quantitative estimate of drug-likeness (QED) is 0.589. The Morgan fingerprint density at radius 1 is 1.14 bits per heavy atom. The lowest BCUT2D eigenvalue weighted by atomic mass is 10.1. The summed E-state index contributed by atoms with van der Waals surface area (Å²) in [6.07, 6.45) is 8.95. The number of piperidine rings is 1. The second-order valence-corrected chi connectivity index (χ2v) is 6.56. The second kappa shape index (κ2) is 8.87. The Kier molecular flexibility index (Phi) is 7.15. The topological polar surface area (TPSA) is 12.5 Å². The van der Waals surface area contributed by atoms with E-state index in [0.29, 0.717) is 10.0 Å². The van der Waals surface area contributed by atoms with E-state index in [1.807, 2.05) is 12.1 Å². The smallest absolute Gasteiger partial charge is 0.152 e. The van der Waals surface area contributed by atoms with Gasteiger partial charge in [0, 0.05) is 19.2 Å². The van der Waals surface area contributed by atoms with Gasteiger partial charge in [-0.3, -0.25) is 4.90 Å². The number of rotatable bonds is 7. The minimum atomic E-state index is 0.178. The van der Waals surface area contributed by atoms with Crippen LogP contribution in [0.4, 0.5) is 0 Å². The largest absolute Gasteiger partial charge is 0.475 e. The lowest BCUT2D eigenvalue weighted by Gasteiger charge is -2.35. The van der Waals surface area contributed by atoms with Crippen LogP contribution >= 0.6 is 23.2 Å². The van der Waals surface area contributed by atoms with Crippen molar-refractivity contribution in [2.45, 2.75) is 58.1 Å². The van der Waals surface area contributed by atoms with Crippen molar-refractivity contribution in [3.63, 3.8) is 0 Å². The number of likely N-dealkylation sites (tertiary alicyclic amines) is 1. The van der Waals surface area contributed by atoms with Gasteiger partial charge >= 0.3 is 0 Å². The average molecular weight is 330 g/mol. The van der Waals surface area contributed by atoms with Gasteiger partial charge in [0.05, 0.1) is 10.0 Å². The van der Waals surface area contributed by atoms with E-state index in [9.17, 15) is 0 Å². The summed E-state index contributed by atoms with van der Waals surface area (Å²) in [5.74, 6) is 0.815. The molecule has 1 unspecified atom stereocenters. The van der Waals surface area contributed by atoms with E-state index in [0.717, 1.165) is 25.3 Å². The number of benzene rings is 1. The third-order valence-corrected chi connectivity index (χ3v) is 4.75. The van der Waals surface area contributed by atoms with E-state index in [2.05, 4.69) is 11.8 Å². The lowest BCUT2D eigenvalue weighted by molar-refractivity contribution is -0.00471. The van der Waals surface area contributed by atoms with Crippen LogP contribution in [0.2, 0.25) is 10.0 Å². The molecular formula is C17H25Cl2NO. The van der Waals surface area contributed by atoms with Gasteiger partial charge in [-0.25, -0.2) is 0 Å². The minimum Gasteiger partial charge on any atom is -0.475 e. The summed E-state index contributed by atoms with van der Waals surface area (Å²) in [5, 5.41) is 1.13. The number of nitrogens with zero attached hydrogens (tertiary/aromatic N) is 1. The summed E-state index contributed by atoms with van der Waals surface area (Å²) in [4.78, 5) is 2.47. The molecule has 0 radical (unpaired) electrons. The Morgan fingerprint density at radius 3 is 2.76 bits per heavy atom. The van der Waals surface area contributed by atoms with Gasteiger partial charge in [0.25, 0.3) is 0 Å². The van der Waals surface area contributed by atoms with E-state index in [-0.39, 0.29) is 6.23 Å². The molecule has 118 valence electrons. The first-order chi connectivity index (χ1) is 10.2. The lowest BCUT2D eigenvalue weighted by Crippen LogP contribution is -2.43. The molecule has 1 fully saturated rings. The normalized spacial score (nSPS) is 19.7. The van der Waals surface area contributed by atoms with Crippen LogP contribution in [0.15, 0.2) is 18.2 Å². The van der Waals surface area contributed by atoms with Crippen LogP contribution in [-0.4, -0.2) is 24.2 Å². The van der Waals surface area contributed by atoms with Crippen LogP contribution in [0.5, 0.6) is 5.75 Å². The van der Waals surface area contributed by atoms with Crippen LogP contribution in [-0.2, 0) is 0 Å². The molecule has 1 aliphatic heterocycles. The molecular weight excluding hydrogens is 305 g/mol. The van der Waals surface area contributed by atoms with Crippen molar-refractivity contribution < 1.29 is 4.74 Å². The molecule has 2 rings (SSSR count). The molecule has 0 saturated carbocycles. The molecule has 21 heavy (non-hydrogen) atoms. The van der Waals surface area contributed by atoms with Gasteiger partial charge in [0.2, 0.25) is 0 Å². The van der Waals surface area contributed by atoms with Crippen LogP contribution < -0.4 is 4.74 Å². The molecule has 0 aromatic heterocycles. The Bertz CT molecular complexity index is 439. The zero-order chi connectivity index (χ0) is 15.1. The second-order valence-electron chi connectivity index (χ2n) is 5.74. The zero-order valence-corrected chi connectivity index (χ0v) is 14.3. The maximum Gasteiger partial charge on any atom is 0.152 e. The van der Waals surface area contributed by atoms with Crippen LogP contribution in [0, 0.1) is 0 Å². The van der Waals surface area contributed by atoms with Crippen LogP contribution in [0.1, 0.15) is 51.9 Å². The van der Waals surface area contributed by atoms with E-state index in [1.54, 1.807) is 6.07 Å². The number of hydrogen-bond donors (Lipinski definition) is 0. The van der Waals surface area contributed by atoms with E-state index in [4.69, 9.17) is 27.9 Å². The Hall–Kier alpha value is -0.440. The van der Waals surface area contributed by atoms with Crippen molar-refractivity contribution in [1.82, 2.24) is 4.90 Å². The number of unbranched alkanes of at least 4 members (excludes halogenated alkanes) is 3. The third-order valence-electron chi connectivity index (χ3n) is 4.02. The SMILES string of the molecule is CCCCCCN1CCCCC1Oc1ccc(Cl)c(Cl)c1. The fraction of sp³-hybridized carbons (Fsp3) is 0.647. The van der Waals surface area contributed by atoms with E-state index in [1.165, 1.54) is 38.5 Å². The van der Waals surface area contributed by atoms with Crippen molar-refractivity contribution in [3.05, 3.63) is 28.2 Å². The van der Waals surface area contributed by atoms with Crippen LogP contribution in [0.3, 0.4) is 0 Å². The summed E-state index contributed by atoms with van der Waals surface area (Å²) < 4.78 is 6.14. The Labute approximate surface area is 138 Å². The summed E-state index contributed by atoms with van der Waals surface area (Å²) in [6, 6.07) is 5.51. The monoisotopic (exact) mass is 329 g/mol. The summed E-state index contributed by atoms with van der Waals surface area (Å²) in [5.41, 5.74) is 0. The van der Waals surface area contributed by atoms with Gasteiger partial charge in [-0.05, 0) is 37.8 Å². The maximum atomic E-state index is 6.14. The molecule has 4 heteroatoms. The van der Waals surface area contributed by atoms with Gasteiger partial charge in [-0.1, -0.05) is 49.4 Å². The third kappa shape index (κ3) is 5.36. The van der Waals surface area contributed by atoms with Gasteiger partial charge in [0.1, 0.15) is 5.75 Å². The van der Waals surface area contributed by atoms with Crippen molar-refractivity contribution in [1.29, 1.82) is 0 Å². The highest BCUT2D eigenvalue weighted by atomic mass is 35.5. The average Bonchev–Trinajstić information content (AvgIpc) is 2.49. The van der Waals surface area contributed by atoms with Crippen molar-refractivity contribution in [2.75, 3.05) is 13.1 Å².